The number of hydrogen-bond acceptors (Lipinski definition) is 4. The highest BCUT2D eigenvalue weighted by Crippen LogP contribution is 2.25. The first kappa shape index (κ1) is 13.5. The lowest BCUT2D eigenvalue weighted by molar-refractivity contribution is -0.385. The van der Waals surface area contributed by atoms with Crippen LogP contribution in [0.5, 0.6) is 5.75 Å². The number of nitro benzene ring substituents is 1. The van der Waals surface area contributed by atoms with Crippen LogP contribution in [0.15, 0.2) is 48.5 Å². The fraction of sp³-hybridized carbons (Fsp3) is 0.0714. The quantitative estimate of drug-likeness (QED) is 0.668. The van der Waals surface area contributed by atoms with Crippen LogP contribution < -0.4 is 4.74 Å². The Morgan fingerprint density at radius 1 is 1.20 bits per heavy atom. The first-order valence-electron chi connectivity index (χ1n) is 5.76. The molecule has 2 aromatic carbocycles. The normalized spacial score (nSPS) is 10.0. The largest absolute Gasteiger partial charge is 0.489 e. The number of carbonyl (C=O) groups is 1. The SMILES string of the molecule is O=C(O)c1ccc(OCc2ccccc2)cc1[N+](=O)[O-]. The van der Waals surface area contributed by atoms with Gasteiger partial charge in [-0.1, -0.05) is 30.3 Å². The summed E-state index contributed by atoms with van der Waals surface area (Å²) >= 11 is 0. The monoisotopic (exact) mass is 273 g/mol. The van der Waals surface area contributed by atoms with Crippen molar-refractivity contribution in [3.63, 3.8) is 0 Å². The number of benzene rings is 2. The molecule has 0 unspecified atom stereocenters. The molecule has 20 heavy (non-hydrogen) atoms. The van der Waals surface area contributed by atoms with Crippen molar-refractivity contribution in [1.29, 1.82) is 0 Å². The van der Waals surface area contributed by atoms with Gasteiger partial charge in [0.15, 0.2) is 0 Å². The zero-order valence-electron chi connectivity index (χ0n) is 10.4. The molecule has 2 aromatic rings. The number of hydrogen-bond donors (Lipinski definition) is 1. The molecule has 0 amide bonds. The molecule has 2 rings (SSSR count). The molecule has 0 aromatic heterocycles. The van der Waals surface area contributed by atoms with Crippen molar-refractivity contribution >= 4 is 11.7 Å². The van der Waals surface area contributed by atoms with Gasteiger partial charge in [-0.25, -0.2) is 4.79 Å². The standard InChI is InChI=1S/C14H11NO5/c16-14(17)12-7-6-11(8-13(12)15(18)19)20-9-10-4-2-1-3-5-10/h1-8H,9H2,(H,16,17). The molecule has 0 bridgehead atoms. The highest BCUT2D eigenvalue weighted by atomic mass is 16.6. The maximum atomic E-state index is 10.9. The van der Waals surface area contributed by atoms with Crippen LogP contribution in [0.3, 0.4) is 0 Å². The zero-order valence-corrected chi connectivity index (χ0v) is 10.4. The van der Waals surface area contributed by atoms with E-state index >= 15 is 0 Å². The average molecular weight is 273 g/mol. The van der Waals surface area contributed by atoms with E-state index in [0.717, 1.165) is 11.6 Å². The summed E-state index contributed by atoms with van der Waals surface area (Å²) in [6.45, 7) is 0.254. The summed E-state index contributed by atoms with van der Waals surface area (Å²) in [4.78, 5) is 21.0. The molecule has 102 valence electrons. The summed E-state index contributed by atoms with van der Waals surface area (Å²) in [5.41, 5.74) is 0.0718. The average Bonchev–Trinajstić information content (AvgIpc) is 2.45. The van der Waals surface area contributed by atoms with E-state index in [4.69, 9.17) is 9.84 Å². The molecule has 0 spiro atoms. The number of carboxylic acids is 1. The van der Waals surface area contributed by atoms with Gasteiger partial charge >= 0.3 is 5.97 Å². The third kappa shape index (κ3) is 3.11. The van der Waals surface area contributed by atoms with Crippen molar-refractivity contribution in [2.75, 3.05) is 0 Å². The first-order chi connectivity index (χ1) is 9.58. The second-order valence-corrected chi connectivity index (χ2v) is 4.02. The van der Waals surface area contributed by atoms with Gasteiger partial charge in [-0.2, -0.15) is 0 Å². The predicted octanol–water partition coefficient (Wildman–Crippen LogP) is 2.87. The molecule has 0 heterocycles. The summed E-state index contributed by atoms with van der Waals surface area (Å²) in [7, 11) is 0. The van der Waals surface area contributed by atoms with Gasteiger partial charge in [0.1, 0.15) is 17.9 Å². The fourth-order valence-corrected chi connectivity index (χ4v) is 1.67. The second kappa shape index (κ2) is 5.83. The summed E-state index contributed by atoms with van der Waals surface area (Å²) in [5.74, 6) is -1.09. The maximum absolute atomic E-state index is 10.9. The number of aromatic carboxylic acids is 1. The van der Waals surface area contributed by atoms with Crippen molar-refractivity contribution in [3.05, 3.63) is 69.8 Å². The molecular formula is C14H11NO5. The van der Waals surface area contributed by atoms with Crippen molar-refractivity contribution in [2.24, 2.45) is 0 Å². The zero-order chi connectivity index (χ0) is 14.5. The van der Waals surface area contributed by atoms with Gasteiger partial charge in [-0.15, -0.1) is 0 Å². The van der Waals surface area contributed by atoms with Crippen LogP contribution >= 0.6 is 0 Å². The molecule has 0 aliphatic heterocycles. The maximum Gasteiger partial charge on any atom is 0.342 e. The molecule has 6 heteroatoms. The van der Waals surface area contributed by atoms with Crippen LogP contribution in [0.2, 0.25) is 0 Å². The van der Waals surface area contributed by atoms with Gasteiger partial charge in [-0.3, -0.25) is 10.1 Å². The number of nitro groups is 1. The van der Waals surface area contributed by atoms with E-state index < -0.39 is 16.6 Å². The third-order valence-electron chi connectivity index (χ3n) is 2.64. The fourth-order valence-electron chi connectivity index (χ4n) is 1.67. The molecule has 0 atom stereocenters. The van der Waals surface area contributed by atoms with E-state index in [1.54, 1.807) is 0 Å². The number of carboxylic acid groups (broad SMARTS) is 1. The lowest BCUT2D eigenvalue weighted by Gasteiger charge is -2.07. The topological polar surface area (TPSA) is 89.7 Å². The Labute approximate surface area is 114 Å². The van der Waals surface area contributed by atoms with Gasteiger partial charge in [0.2, 0.25) is 0 Å². The third-order valence-corrected chi connectivity index (χ3v) is 2.64. The van der Waals surface area contributed by atoms with Gasteiger partial charge in [0, 0.05) is 0 Å². The minimum atomic E-state index is -1.34. The van der Waals surface area contributed by atoms with Crippen LogP contribution in [0.4, 0.5) is 5.69 Å². The van der Waals surface area contributed by atoms with Gasteiger partial charge in [0.25, 0.3) is 5.69 Å². The molecule has 0 radical (unpaired) electrons. The Bertz CT molecular complexity index is 639. The van der Waals surface area contributed by atoms with E-state index in [1.165, 1.54) is 12.1 Å². The number of rotatable bonds is 5. The minimum absolute atomic E-state index is 0.254. The lowest BCUT2D eigenvalue weighted by atomic mass is 10.1. The summed E-state index contributed by atoms with van der Waals surface area (Å²) < 4.78 is 5.42. The lowest BCUT2D eigenvalue weighted by Crippen LogP contribution is -2.03. The van der Waals surface area contributed by atoms with Gasteiger partial charge in [0.05, 0.1) is 11.0 Å². The number of ether oxygens (including phenoxy) is 1. The van der Waals surface area contributed by atoms with E-state index in [9.17, 15) is 14.9 Å². The highest BCUT2D eigenvalue weighted by Gasteiger charge is 2.20. The van der Waals surface area contributed by atoms with Crippen molar-refractivity contribution in [2.45, 2.75) is 6.61 Å². The molecule has 1 N–H and O–H groups in total. The van der Waals surface area contributed by atoms with E-state index in [0.29, 0.717) is 0 Å². The van der Waals surface area contributed by atoms with E-state index in [1.807, 2.05) is 30.3 Å². The summed E-state index contributed by atoms with van der Waals surface area (Å²) in [5, 5.41) is 19.7. The Morgan fingerprint density at radius 2 is 1.90 bits per heavy atom. The second-order valence-electron chi connectivity index (χ2n) is 4.02. The van der Waals surface area contributed by atoms with E-state index in [-0.39, 0.29) is 17.9 Å². The first-order valence-corrected chi connectivity index (χ1v) is 5.76. The molecule has 0 fully saturated rings. The van der Waals surface area contributed by atoms with Crippen LogP contribution in [-0.4, -0.2) is 16.0 Å². The Kier molecular flexibility index (Phi) is 3.95. The van der Waals surface area contributed by atoms with Crippen LogP contribution in [-0.2, 0) is 6.61 Å². The predicted molar refractivity (Wildman–Crippen MR) is 70.8 cm³/mol. The van der Waals surface area contributed by atoms with Crippen LogP contribution in [0.25, 0.3) is 0 Å². The molecule has 0 aliphatic rings. The molecule has 0 saturated carbocycles. The number of nitrogens with zero attached hydrogens (tertiary/aromatic N) is 1. The Hall–Kier alpha value is -2.89. The summed E-state index contributed by atoms with van der Waals surface area (Å²) in [6, 6.07) is 13.0. The van der Waals surface area contributed by atoms with Gasteiger partial charge in [-0.05, 0) is 17.7 Å². The minimum Gasteiger partial charge on any atom is -0.489 e. The molecule has 0 aliphatic carbocycles. The Balaban J connectivity index is 2.19. The Morgan fingerprint density at radius 3 is 2.50 bits per heavy atom. The molecule has 0 saturated heterocycles. The summed E-state index contributed by atoms with van der Waals surface area (Å²) in [6.07, 6.45) is 0. The van der Waals surface area contributed by atoms with Crippen molar-refractivity contribution in [1.82, 2.24) is 0 Å². The van der Waals surface area contributed by atoms with Crippen LogP contribution in [0, 0.1) is 10.1 Å². The van der Waals surface area contributed by atoms with E-state index in [2.05, 4.69) is 0 Å². The van der Waals surface area contributed by atoms with Crippen molar-refractivity contribution in [3.8, 4) is 5.75 Å². The van der Waals surface area contributed by atoms with Crippen LogP contribution in [0.1, 0.15) is 15.9 Å². The smallest absolute Gasteiger partial charge is 0.342 e. The molecule has 6 nitrogen and oxygen atoms in total. The highest BCUT2D eigenvalue weighted by molar-refractivity contribution is 5.92. The van der Waals surface area contributed by atoms with Gasteiger partial charge < -0.3 is 9.84 Å². The molecular weight excluding hydrogens is 262 g/mol. The van der Waals surface area contributed by atoms with Crippen molar-refractivity contribution < 1.29 is 19.6 Å².